The Balaban J connectivity index is 2.25. The number of halogens is 2. The number of methoxy groups -OCH3 is 1. The van der Waals surface area contributed by atoms with Gasteiger partial charge in [0.15, 0.2) is 0 Å². The lowest BCUT2D eigenvalue weighted by Crippen LogP contribution is -2.00. The standard InChI is InChI=1S/C13H13Br2N3O/c1-3-12-17-11(15)7-13(18-12)16-8-4-5-10(19-2)9(14)6-8/h4-7H,3H2,1-2H3,(H,16,17,18). The number of hydrogen-bond donors (Lipinski definition) is 1. The molecule has 6 heteroatoms. The van der Waals surface area contributed by atoms with E-state index in [0.717, 1.165) is 38.6 Å². The van der Waals surface area contributed by atoms with Crippen molar-refractivity contribution in [1.29, 1.82) is 0 Å². The van der Waals surface area contributed by atoms with Crippen LogP contribution in [0.15, 0.2) is 33.3 Å². The maximum atomic E-state index is 5.20. The lowest BCUT2D eigenvalue weighted by molar-refractivity contribution is 0.412. The van der Waals surface area contributed by atoms with Gasteiger partial charge in [0, 0.05) is 18.2 Å². The van der Waals surface area contributed by atoms with Crippen LogP contribution in [0.2, 0.25) is 0 Å². The van der Waals surface area contributed by atoms with E-state index in [1.165, 1.54) is 0 Å². The maximum absolute atomic E-state index is 5.20. The van der Waals surface area contributed by atoms with Gasteiger partial charge in [-0.3, -0.25) is 0 Å². The van der Waals surface area contributed by atoms with Crippen molar-refractivity contribution in [2.24, 2.45) is 0 Å². The molecule has 0 aliphatic rings. The summed E-state index contributed by atoms with van der Waals surface area (Å²) in [5.74, 6) is 2.35. The van der Waals surface area contributed by atoms with Crippen molar-refractivity contribution in [2.45, 2.75) is 13.3 Å². The first-order valence-corrected chi connectivity index (χ1v) is 7.35. The number of aromatic nitrogens is 2. The van der Waals surface area contributed by atoms with Crippen LogP contribution in [0, 0.1) is 0 Å². The molecule has 0 fully saturated rings. The van der Waals surface area contributed by atoms with E-state index in [2.05, 4.69) is 47.1 Å². The van der Waals surface area contributed by atoms with Crippen LogP contribution in [0.3, 0.4) is 0 Å². The number of nitrogens with zero attached hydrogens (tertiary/aromatic N) is 2. The van der Waals surface area contributed by atoms with Crippen molar-refractivity contribution in [1.82, 2.24) is 9.97 Å². The third-order valence-corrected chi connectivity index (χ3v) is 3.51. The number of aryl methyl sites for hydroxylation is 1. The van der Waals surface area contributed by atoms with Gasteiger partial charge in [0.1, 0.15) is 22.0 Å². The van der Waals surface area contributed by atoms with Gasteiger partial charge in [0.2, 0.25) is 0 Å². The Labute approximate surface area is 128 Å². The Morgan fingerprint density at radius 2 is 2.00 bits per heavy atom. The average Bonchev–Trinajstić information content (AvgIpc) is 2.38. The van der Waals surface area contributed by atoms with Crippen molar-refractivity contribution < 1.29 is 4.74 Å². The van der Waals surface area contributed by atoms with E-state index >= 15 is 0 Å². The molecule has 0 radical (unpaired) electrons. The predicted octanol–water partition coefficient (Wildman–Crippen LogP) is 4.32. The zero-order chi connectivity index (χ0) is 13.8. The molecule has 19 heavy (non-hydrogen) atoms. The summed E-state index contributed by atoms with van der Waals surface area (Å²) >= 11 is 6.84. The second kappa shape index (κ2) is 6.34. The molecule has 2 aromatic rings. The van der Waals surface area contributed by atoms with Crippen molar-refractivity contribution in [3.05, 3.63) is 39.2 Å². The van der Waals surface area contributed by atoms with Crippen molar-refractivity contribution in [3.63, 3.8) is 0 Å². The molecule has 0 bridgehead atoms. The fourth-order valence-electron chi connectivity index (χ4n) is 1.58. The number of anilines is 2. The number of hydrogen-bond acceptors (Lipinski definition) is 4. The molecule has 2 rings (SSSR count). The number of rotatable bonds is 4. The summed E-state index contributed by atoms with van der Waals surface area (Å²) in [6, 6.07) is 7.62. The summed E-state index contributed by atoms with van der Waals surface area (Å²) < 4.78 is 6.86. The van der Waals surface area contributed by atoms with Crippen LogP contribution >= 0.6 is 31.9 Å². The van der Waals surface area contributed by atoms with Crippen LogP contribution in [0.4, 0.5) is 11.5 Å². The molecule has 4 nitrogen and oxygen atoms in total. The van der Waals surface area contributed by atoms with E-state index in [1.54, 1.807) is 7.11 Å². The SMILES string of the molecule is CCc1nc(Br)cc(Nc2ccc(OC)c(Br)c2)n1. The topological polar surface area (TPSA) is 47.0 Å². The zero-order valence-corrected chi connectivity index (χ0v) is 13.7. The Morgan fingerprint density at radius 3 is 2.63 bits per heavy atom. The lowest BCUT2D eigenvalue weighted by Gasteiger charge is -2.09. The molecule has 0 atom stereocenters. The van der Waals surface area contributed by atoms with E-state index < -0.39 is 0 Å². The molecule has 0 saturated carbocycles. The Bertz CT molecular complexity index is 590. The predicted molar refractivity (Wildman–Crippen MR) is 83.1 cm³/mol. The molecule has 1 heterocycles. The molecule has 1 N–H and O–H groups in total. The molecule has 100 valence electrons. The van der Waals surface area contributed by atoms with Gasteiger partial charge in [0.05, 0.1) is 11.6 Å². The summed E-state index contributed by atoms with van der Waals surface area (Å²) in [6.45, 7) is 2.02. The summed E-state index contributed by atoms with van der Waals surface area (Å²) in [5.41, 5.74) is 0.931. The average molecular weight is 387 g/mol. The Kier molecular flexibility index (Phi) is 4.76. The van der Waals surface area contributed by atoms with Gasteiger partial charge in [-0.1, -0.05) is 6.92 Å². The Hall–Kier alpha value is -1.14. The van der Waals surface area contributed by atoms with Crippen molar-refractivity contribution in [3.8, 4) is 5.75 Å². The minimum atomic E-state index is 0.760. The molecule has 0 aliphatic heterocycles. The number of ether oxygens (including phenoxy) is 1. The summed E-state index contributed by atoms with van der Waals surface area (Å²) in [7, 11) is 1.64. The fourth-order valence-corrected chi connectivity index (χ4v) is 2.54. The molecule has 0 saturated heterocycles. The fraction of sp³-hybridized carbons (Fsp3) is 0.231. The highest BCUT2D eigenvalue weighted by Gasteiger charge is 2.05. The van der Waals surface area contributed by atoms with Gasteiger partial charge in [-0.25, -0.2) is 9.97 Å². The molecule has 1 aromatic heterocycles. The van der Waals surface area contributed by atoms with Crippen LogP contribution in [-0.2, 0) is 6.42 Å². The highest BCUT2D eigenvalue weighted by atomic mass is 79.9. The third-order valence-electron chi connectivity index (χ3n) is 2.48. The normalized spacial score (nSPS) is 10.3. The van der Waals surface area contributed by atoms with Gasteiger partial charge in [-0.15, -0.1) is 0 Å². The van der Waals surface area contributed by atoms with Crippen LogP contribution < -0.4 is 10.1 Å². The highest BCUT2D eigenvalue weighted by molar-refractivity contribution is 9.10. The molecular weight excluding hydrogens is 374 g/mol. The van der Waals surface area contributed by atoms with Gasteiger partial charge in [-0.05, 0) is 50.1 Å². The number of nitrogens with one attached hydrogen (secondary N) is 1. The second-order valence-electron chi connectivity index (χ2n) is 3.82. The number of benzene rings is 1. The molecule has 1 aromatic carbocycles. The quantitative estimate of drug-likeness (QED) is 0.795. The smallest absolute Gasteiger partial charge is 0.135 e. The van der Waals surface area contributed by atoms with E-state index in [1.807, 2.05) is 31.2 Å². The van der Waals surface area contributed by atoms with Crippen LogP contribution in [0.1, 0.15) is 12.7 Å². The van der Waals surface area contributed by atoms with Crippen LogP contribution in [0.5, 0.6) is 5.75 Å². The second-order valence-corrected chi connectivity index (χ2v) is 5.49. The summed E-state index contributed by atoms with van der Waals surface area (Å²) in [6.07, 6.45) is 0.792. The van der Waals surface area contributed by atoms with Crippen LogP contribution in [0.25, 0.3) is 0 Å². The van der Waals surface area contributed by atoms with E-state index in [4.69, 9.17) is 4.74 Å². The van der Waals surface area contributed by atoms with Crippen LogP contribution in [-0.4, -0.2) is 17.1 Å². The van der Waals surface area contributed by atoms with Gasteiger partial charge >= 0.3 is 0 Å². The molecular formula is C13H13Br2N3O. The third kappa shape index (κ3) is 3.67. The van der Waals surface area contributed by atoms with Crippen molar-refractivity contribution >= 4 is 43.4 Å². The maximum Gasteiger partial charge on any atom is 0.135 e. The monoisotopic (exact) mass is 385 g/mol. The first-order chi connectivity index (χ1) is 9.12. The van der Waals surface area contributed by atoms with Crippen molar-refractivity contribution in [2.75, 3.05) is 12.4 Å². The Morgan fingerprint density at radius 1 is 1.21 bits per heavy atom. The van der Waals surface area contributed by atoms with E-state index in [0.29, 0.717) is 0 Å². The highest BCUT2D eigenvalue weighted by Crippen LogP contribution is 2.29. The van der Waals surface area contributed by atoms with Gasteiger partial charge in [-0.2, -0.15) is 0 Å². The largest absolute Gasteiger partial charge is 0.496 e. The first kappa shape index (κ1) is 14.3. The first-order valence-electron chi connectivity index (χ1n) is 5.76. The summed E-state index contributed by atoms with van der Waals surface area (Å²) in [5, 5.41) is 3.24. The van der Waals surface area contributed by atoms with Gasteiger partial charge < -0.3 is 10.1 Å². The van der Waals surface area contributed by atoms with E-state index in [-0.39, 0.29) is 0 Å². The zero-order valence-electron chi connectivity index (χ0n) is 10.6. The molecule has 0 unspecified atom stereocenters. The summed E-state index contributed by atoms with van der Waals surface area (Å²) in [4.78, 5) is 8.70. The van der Waals surface area contributed by atoms with Gasteiger partial charge in [0.25, 0.3) is 0 Å². The molecule has 0 amide bonds. The minimum Gasteiger partial charge on any atom is -0.496 e. The minimum absolute atomic E-state index is 0.760. The molecule has 0 spiro atoms. The molecule has 0 aliphatic carbocycles. The van der Waals surface area contributed by atoms with E-state index in [9.17, 15) is 0 Å². The lowest BCUT2D eigenvalue weighted by atomic mass is 10.3.